The van der Waals surface area contributed by atoms with Crippen LogP contribution in [0.5, 0.6) is 5.75 Å². The van der Waals surface area contributed by atoms with Gasteiger partial charge >= 0.3 is 0 Å². The third-order valence-electron chi connectivity index (χ3n) is 2.84. The van der Waals surface area contributed by atoms with Crippen molar-refractivity contribution in [1.29, 1.82) is 0 Å². The third-order valence-corrected chi connectivity index (χ3v) is 3.92. The summed E-state index contributed by atoms with van der Waals surface area (Å²) in [5.41, 5.74) is 3.07. The van der Waals surface area contributed by atoms with Crippen LogP contribution < -0.4 is 15.5 Å². The molecule has 1 aromatic carbocycles. The Kier molecular flexibility index (Phi) is 4.56. The fourth-order valence-corrected chi connectivity index (χ4v) is 2.52. The van der Waals surface area contributed by atoms with Gasteiger partial charge in [-0.05, 0) is 42.8 Å². The molecule has 0 bridgehead atoms. The zero-order valence-corrected chi connectivity index (χ0v) is 12.3. The first-order valence-corrected chi connectivity index (χ1v) is 6.87. The molecule has 0 saturated heterocycles. The van der Waals surface area contributed by atoms with Gasteiger partial charge in [0.15, 0.2) is 0 Å². The molecule has 7 heteroatoms. The highest BCUT2D eigenvalue weighted by Gasteiger charge is 2.14. The van der Waals surface area contributed by atoms with Gasteiger partial charge in [-0.3, -0.25) is 14.8 Å². The van der Waals surface area contributed by atoms with E-state index in [1.807, 2.05) is 13.0 Å². The molecule has 0 unspecified atom stereocenters. The molecule has 0 saturated carbocycles. The molecule has 1 aromatic heterocycles. The number of hydrogen-bond acceptors (Lipinski definition) is 5. The van der Waals surface area contributed by atoms with E-state index in [1.54, 1.807) is 19.2 Å². The van der Waals surface area contributed by atoms with E-state index in [0.717, 1.165) is 16.9 Å². The maximum Gasteiger partial charge on any atom is 0.284 e. The van der Waals surface area contributed by atoms with Crippen LogP contribution in [-0.4, -0.2) is 24.1 Å². The number of aryl methyl sites for hydroxylation is 1. The van der Waals surface area contributed by atoms with Crippen molar-refractivity contribution in [2.45, 2.75) is 6.92 Å². The highest BCUT2D eigenvalue weighted by atomic mass is 32.1. The summed E-state index contributed by atoms with van der Waals surface area (Å²) in [6, 6.07) is 8.33. The number of thiophene rings is 1. The molecule has 0 fully saturated rings. The first-order chi connectivity index (χ1) is 10.0. The molecule has 0 spiro atoms. The third kappa shape index (κ3) is 3.39. The van der Waals surface area contributed by atoms with Crippen molar-refractivity contribution in [3.8, 4) is 5.75 Å². The number of hydrogen-bond donors (Lipinski definition) is 3. The monoisotopic (exact) mass is 306 g/mol. The smallest absolute Gasteiger partial charge is 0.284 e. The fourth-order valence-electron chi connectivity index (χ4n) is 1.72. The van der Waals surface area contributed by atoms with Crippen molar-refractivity contribution in [2.24, 2.45) is 0 Å². The Hall–Kier alpha value is -2.38. The molecule has 0 aliphatic carbocycles. The van der Waals surface area contributed by atoms with E-state index < -0.39 is 5.91 Å². The second-order valence-corrected chi connectivity index (χ2v) is 5.32. The fraction of sp³-hybridized carbons (Fsp3) is 0.143. The molecule has 2 rings (SSSR count). The maximum absolute atomic E-state index is 12.1. The van der Waals surface area contributed by atoms with Gasteiger partial charge in [0.2, 0.25) is 0 Å². The van der Waals surface area contributed by atoms with Crippen LogP contribution in [-0.2, 0) is 0 Å². The van der Waals surface area contributed by atoms with Crippen LogP contribution in [0.2, 0.25) is 0 Å². The molecule has 0 radical (unpaired) electrons. The summed E-state index contributed by atoms with van der Waals surface area (Å²) < 4.78 is 5.10. The molecular formula is C14H14N2O4S. The molecule has 0 atom stereocenters. The lowest BCUT2D eigenvalue weighted by Crippen LogP contribution is -2.17. The minimum Gasteiger partial charge on any atom is -0.497 e. The highest BCUT2D eigenvalue weighted by Crippen LogP contribution is 2.23. The SMILES string of the molecule is COc1ccc(NC(=O)c2ccc(C(=O)NO)s2)c(C)c1. The van der Waals surface area contributed by atoms with Gasteiger partial charge in [-0.2, -0.15) is 0 Å². The van der Waals surface area contributed by atoms with Crippen molar-refractivity contribution in [2.75, 3.05) is 12.4 Å². The van der Waals surface area contributed by atoms with Crippen molar-refractivity contribution in [3.05, 3.63) is 45.6 Å². The molecule has 21 heavy (non-hydrogen) atoms. The van der Waals surface area contributed by atoms with Crippen LogP contribution in [0.25, 0.3) is 0 Å². The average Bonchev–Trinajstić information content (AvgIpc) is 2.98. The number of amides is 2. The predicted molar refractivity (Wildman–Crippen MR) is 79.3 cm³/mol. The van der Waals surface area contributed by atoms with E-state index in [0.29, 0.717) is 16.3 Å². The minimum atomic E-state index is -0.639. The molecule has 0 aliphatic heterocycles. The second kappa shape index (κ2) is 6.38. The standard InChI is InChI=1S/C14H14N2O4S/c1-8-7-9(20-2)3-4-10(8)15-13(17)11-5-6-12(21-11)14(18)16-19/h3-7,19H,1-2H3,(H,15,17)(H,16,18). The summed E-state index contributed by atoms with van der Waals surface area (Å²) in [7, 11) is 1.58. The maximum atomic E-state index is 12.1. The van der Waals surface area contributed by atoms with Crippen molar-refractivity contribution >= 4 is 28.8 Å². The molecule has 0 aliphatic rings. The summed E-state index contributed by atoms with van der Waals surface area (Å²) in [6.07, 6.45) is 0. The molecule has 110 valence electrons. The first-order valence-electron chi connectivity index (χ1n) is 6.05. The van der Waals surface area contributed by atoms with Gasteiger partial charge in [0.25, 0.3) is 11.8 Å². The van der Waals surface area contributed by atoms with E-state index >= 15 is 0 Å². The van der Waals surface area contributed by atoms with Crippen molar-refractivity contribution < 1.29 is 19.5 Å². The zero-order chi connectivity index (χ0) is 15.4. The van der Waals surface area contributed by atoms with Crippen molar-refractivity contribution in [3.63, 3.8) is 0 Å². The van der Waals surface area contributed by atoms with E-state index in [4.69, 9.17) is 9.94 Å². The first kappa shape index (κ1) is 15.0. The summed E-state index contributed by atoms with van der Waals surface area (Å²) in [4.78, 5) is 24.0. The van der Waals surface area contributed by atoms with E-state index in [9.17, 15) is 9.59 Å². The quantitative estimate of drug-likeness (QED) is 0.598. The number of rotatable bonds is 4. The lowest BCUT2D eigenvalue weighted by molar-refractivity contribution is 0.0711. The average molecular weight is 306 g/mol. The van der Waals surface area contributed by atoms with Crippen LogP contribution in [0.1, 0.15) is 24.9 Å². The Balaban J connectivity index is 2.14. The van der Waals surface area contributed by atoms with Gasteiger partial charge in [-0.15, -0.1) is 11.3 Å². The van der Waals surface area contributed by atoms with Crippen LogP contribution in [0.4, 0.5) is 5.69 Å². The number of hydroxylamine groups is 1. The number of methoxy groups -OCH3 is 1. The Labute approximate surface area is 125 Å². The van der Waals surface area contributed by atoms with Crippen LogP contribution in [0.3, 0.4) is 0 Å². The number of carbonyl (C=O) groups excluding carboxylic acids is 2. The summed E-state index contributed by atoms with van der Waals surface area (Å²) in [6.45, 7) is 1.86. The van der Waals surface area contributed by atoms with E-state index in [1.165, 1.54) is 17.6 Å². The Morgan fingerprint density at radius 1 is 1.14 bits per heavy atom. The number of carbonyl (C=O) groups is 2. The molecule has 2 aromatic rings. The zero-order valence-electron chi connectivity index (χ0n) is 11.5. The molecule has 3 N–H and O–H groups in total. The van der Waals surface area contributed by atoms with Gasteiger partial charge in [-0.1, -0.05) is 0 Å². The number of benzene rings is 1. The normalized spacial score (nSPS) is 10.0. The highest BCUT2D eigenvalue weighted by molar-refractivity contribution is 7.16. The van der Waals surface area contributed by atoms with Gasteiger partial charge < -0.3 is 10.1 Å². The number of anilines is 1. The van der Waals surface area contributed by atoms with E-state index in [-0.39, 0.29) is 10.8 Å². The minimum absolute atomic E-state index is 0.258. The van der Waals surface area contributed by atoms with Gasteiger partial charge in [0.05, 0.1) is 16.9 Å². The lowest BCUT2D eigenvalue weighted by Gasteiger charge is -2.09. The van der Waals surface area contributed by atoms with Crippen LogP contribution >= 0.6 is 11.3 Å². The van der Waals surface area contributed by atoms with Crippen LogP contribution in [0, 0.1) is 6.92 Å². The van der Waals surface area contributed by atoms with Crippen molar-refractivity contribution in [1.82, 2.24) is 5.48 Å². The van der Waals surface area contributed by atoms with Crippen LogP contribution in [0.15, 0.2) is 30.3 Å². The molecular weight excluding hydrogens is 292 g/mol. The molecule has 1 heterocycles. The Morgan fingerprint density at radius 2 is 1.81 bits per heavy atom. The summed E-state index contributed by atoms with van der Waals surface area (Å²) in [5, 5.41) is 11.3. The summed E-state index contributed by atoms with van der Waals surface area (Å²) >= 11 is 0.998. The van der Waals surface area contributed by atoms with E-state index in [2.05, 4.69) is 5.32 Å². The number of nitrogens with one attached hydrogen (secondary N) is 2. The summed E-state index contributed by atoms with van der Waals surface area (Å²) in [5.74, 6) is -0.242. The number of ether oxygens (including phenoxy) is 1. The Bertz CT molecular complexity index is 681. The molecule has 6 nitrogen and oxygen atoms in total. The molecule has 2 amide bonds. The lowest BCUT2D eigenvalue weighted by atomic mass is 10.2. The predicted octanol–water partition coefficient (Wildman–Crippen LogP) is 2.44. The topological polar surface area (TPSA) is 87.7 Å². The van der Waals surface area contributed by atoms with Gasteiger partial charge in [0, 0.05) is 5.69 Å². The van der Waals surface area contributed by atoms with Gasteiger partial charge in [0.1, 0.15) is 5.75 Å². The Morgan fingerprint density at radius 3 is 2.38 bits per heavy atom. The largest absolute Gasteiger partial charge is 0.497 e. The van der Waals surface area contributed by atoms with Gasteiger partial charge in [-0.25, -0.2) is 5.48 Å². The second-order valence-electron chi connectivity index (χ2n) is 4.24.